The lowest BCUT2D eigenvalue weighted by molar-refractivity contribution is -0.122. The van der Waals surface area contributed by atoms with Crippen LogP contribution >= 0.6 is 34.4 Å². The molecule has 3 aromatic carbocycles. The van der Waals surface area contributed by atoms with E-state index in [9.17, 15) is 14.4 Å². The number of carbonyl (C=O) groups excluding carboxylic acids is 3. The fourth-order valence-corrected chi connectivity index (χ4v) is 5.40. The first-order valence-electron chi connectivity index (χ1n) is 11.6. The maximum absolute atomic E-state index is 12.9. The quantitative estimate of drug-likeness (QED) is 0.220. The Hall–Kier alpha value is -3.31. The number of aryl methyl sites for hydroxylation is 1. The van der Waals surface area contributed by atoms with Gasteiger partial charge >= 0.3 is 0 Å². The van der Waals surface area contributed by atoms with E-state index < -0.39 is 0 Å². The van der Waals surface area contributed by atoms with Crippen molar-refractivity contribution in [2.24, 2.45) is 0 Å². The van der Waals surface area contributed by atoms with Crippen LogP contribution in [0.3, 0.4) is 0 Å². The average Bonchev–Trinajstić information content (AvgIpc) is 3.16. The molecule has 0 atom stereocenters. The Labute approximate surface area is 233 Å². The monoisotopic (exact) mass is 628 g/mol. The average molecular weight is 628 g/mol. The lowest BCUT2D eigenvalue weighted by Gasteiger charge is -2.14. The summed E-state index contributed by atoms with van der Waals surface area (Å²) in [5.41, 5.74) is 2.55. The summed E-state index contributed by atoms with van der Waals surface area (Å²) in [6.07, 6.45) is 3.17. The number of methoxy groups -OCH3 is 1. The van der Waals surface area contributed by atoms with E-state index in [-0.39, 0.29) is 23.7 Å². The number of rotatable bonds is 10. The minimum Gasteiger partial charge on any atom is -0.493 e. The van der Waals surface area contributed by atoms with E-state index in [1.807, 2.05) is 54.6 Å². The topological polar surface area (TPSA) is 84.9 Å². The Morgan fingerprint density at radius 2 is 1.76 bits per heavy atom. The predicted octanol–water partition coefficient (Wildman–Crippen LogP) is 5.99. The lowest BCUT2D eigenvalue weighted by Crippen LogP contribution is -2.29. The summed E-state index contributed by atoms with van der Waals surface area (Å²) in [5, 5.41) is 2.50. The second kappa shape index (κ2) is 12.8. The molecule has 190 valence electrons. The zero-order valence-electron chi connectivity index (χ0n) is 20.1. The molecule has 1 heterocycles. The molecule has 0 spiro atoms. The highest BCUT2D eigenvalue weighted by atomic mass is 127. The van der Waals surface area contributed by atoms with Gasteiger partial charge in [-0.25, -0.2) is 0 Å². The fraction of sp³-hybridized carbons (Fsp3) is 0.179. The highest BCUT2D eigenvalue weighted by molar-refractivity contribution is 14.1. The van der Waals surface area contributed by atoms with E-state index in [4.69, 9.17) is 9.47 Å². The molecule has 0 unspecified atom stereocenters. The van der Waals surface area contributed by atoms with Gasteiger partial charge in [0.25, 0.3) is 17.1 Å². The molecule has 3 amide bonds. The molecule has 3 aromatic rings. The second-order valence-electron chi connectivity index (χ2n) is 8.16. The number of hydrogen-bond donors (Lipinski definition) is 1. The minimum atomic E-state index is -0.297. The van der Waals surface area contributed by atoms with Gasteiger partial charge < -0.3 is 14.8 Å². The fourth-order valence-electron chi connectivity index (χ4n) is 3.75. The van der Waals surface area contributed by atoms with Crippen LogP contribution in [0, 0.1) is 3.57 Å². The van der Waals surface area contributed by atoms with Crippen molar-refractivity contribution < 1.29 is 23.9 Å². The summed E-state index contributed by atoms with van der Waals surface area (Å²) < 4.78 is 11.9. The summed E-state index contributed by atoms with van der Waals surface area (Å²) in [6.45, 7) is 0.179. The molecule has 1 fully saturated rings. The number of nitrogens with zero attached hydrogens (tertiary/aromatic N) is 1. The van der Waals surface area contributed by atoms with Crippen LogP contribution in [0.15, 0.2) is 77.7 Å². The van der Waals surface area contributed by atoms with Gasteiger partial charge in [0, 0.05) is 12.2 Å². The number of benzene rings is 3. The maximum atomic E-state index is 12.9. The van der Waals surface area contributed by atoms with Crippen molar-refractivity contribution in [1.82, 2.24) is 4.90 Å². The van der Waals surface area contributed by atoms with E-state index in [1.165, 1.54) is 17.6 Å². The number of amides is 3. The molecule has 0 aliphatic carbocycles. The third-order valence-corrected chi connectivity index (χ3v) is 7.23. The van der Waals surface area contributed by atoms with E-state index in [1.54, 1.807) is 24.3 Å². The number of nitrogens with one attached hydrogen (secondary N) is 1. The molecule has 1 saturated heterocycles. The van der Waals surface area contributed by atoms with Crippen molar-refractivity contribution in [1.29, 1.82) is 0 Å². The maximum Gasteiger partial charge on any atom is 0.293 e. The van der Waals surface area contributed by atoms with Gasteiger partial charge in [-0.2, -0.15) is 0 Å². The molecule has 0 saturated carbocycles. The van der Waals surface area contributed by atoms with Crippen molar-refractivity contribution in [3.05, 3.63) is 92.4 Å². The number of thioether (sulfide) groups is 1. The van der Waals surface area contributed by atoms with Gasteiger partial charge in [0.1, 0.15) is 0 Å². The third-order valence-electron chi connectivity index (χ3n) is 5.52. The molecule has 1 aliphatic rings. The zero-order valence-corrected chi connectivity index (χ0v) is 23.1. The van der Waals surface area contributed by atoms with Crippen LogP contribution in [0.4, 0.5) is 10.5 Å². The van der Waals surface area contributed by atoms with Crippen LogP contribution in [0.5, 0.6) is 11.5 Å². The van der Waals surface area contributed by atoms with Crippen molar-refractivity contribution in [3.8, 4) is 11.5 Å². The van der Waals surface area contributed by atoms with Gasteiger partial charge in [-0.15, -0.1) is 0 Å². The standard InChI is InChI=1S/C28H25IN2O5S/c1-35-23-16-20(15-22(29)26(23)36-18-25(32)30-21-12-6-3-7-13-21)17-24-27(33)31(28(34)37-24)14-8-11-19-9-4-2-5-10-19/h2-7,9-10,12-13,15-17H,8,11,14,18H2,1H3,(H,30,32)/b24-17+. The number of halogens is 1. The summed E-state index contributed by atoms with van der Waals surface area (Å²) in [7, 11) is 1.51. The molecule has 9 heteroatoms. The van der Waals surface area contributed by atoms with Crippen molar-refractivity contribution in [2.75, 3.05) is 25.6 Å². The summed E-state index contributed by atoms with van der Waals surface area (Å²) in [5.74, 6) is 0.259. The number of ether oxygens (including phenoxy) is 2. The molecule has 1 N–H and O–H groups in total. The first kappa shape index (κ1) is 26.7. The number of imide groups is 1. The van der Waals surface area contributed by atoms with Crippen LogP contribution < -0.4 is 14.8 Å². The molecule has 4 rings (SSSR count). The predicted molar refractivity (Wildman–Crippen MR) is 154 cm³/mol. The Morgan fingerprint density at radius 1 is 1.05 bits per heavy atom. The third kappa shape index (κ3) is 7.14. The Kier molecular flexibility index (Phi) is 9.24. The largest absolute Gasteiger partial charge is 0.493 e. The van der Waals surface area contributed by atoms with Gasteiger partial charge in [-0.1, -0.05) is 48.5 Å². The number of anilines is 1. The van der Waals surface area contributed by atoms with Crippen LogP contribution in [-0.2, 0) is 16.0 Å². The van der Waals surface area contributed by atoms with Crippen molar-refractivity contribution in [3.63, 3.8) is 0 Å². The van der Waals surface area contributed by atoms with Gasteiger partial charge in [-0.05, 0) is 88.7 Å². The van der Waals surface area contributed by atoms with Gasteiger partial charge in [0.15, 0.2) is 18.1 Å². The first-order chi connectivity index (χ1) is 17.9. The second-order valence-corrected chi connectivity index (χ2v) is 10.3. The molecule has 1 aliphatic heterocycles. The molecular formula is C28H25IN2O5S. The lowest BCUT2D eigenvalue weighted by atomic mass is 10.1. The number of carbonyl (C=O) groups is 3. The molecule has 0 bridgehead atoms. The highest BCUT2D eigenvalue weighted by Gasteiger charge is 2.34. The van der Waals surface area contributed by atoms with Gasteiger partial charge in [0.05, 0.1) is 15.6 Å². The smallest absolute Gasteiger partial charge is 0.293 e. The summed E-state index contributed by atoms with van der Waals surface area (Å²) >= 11 is 3.03. The number of para-hydroxylation sites is 1. The van der Waals surface area contributed by atoms with Crippen molar-refractivity contribution >= 4 is 63.2 Å². The zero-order chi connectivity index (χ0) is 26.2. The SMILES string of the molecule is COc1cc(/C=C2/SC(=O)N(CCCc3ccccc3)C2=O)cc(I)c1OCC(=O)Nc1ccccc1. The molecule has 37 heavy (non-hydrogen) atoms. The molecule has 7 nitrogen and oxygen atoms in total. The van der Waals surface area contributed by atoms with Crippen LogP contribution in [0.2, 0.25) is 0 Å². The normalized spacial score (nSPS) is 14.2. The van der Waals surface area contributed by atoms with Crippen LogP contribution in [0.25, 0.3) is 6.08 Å². The van der Waals surface area contributed by atoms with E-state index in [0.717, 1.165) is 18.2 Å². The Morgan fingerprint density at radius 3 is 2.46 bits per heavy atom. The van der Waals surface area contributed by atoms with Gasteiger partial charge in [-0.3, -0.25) is 19.3 Å². The van der Waals surface area contributed by atoms with E-state index >= 15 is 0 Å². The molecule has 0 radical (unpaired) electrons. The Bertz CT molecular complexity index is 1310. The van der Waals surface area contributed by atoms with E-state index in [2.05, 4.69) is 27.9 Å². The Balaban J connectivity index is 1.40. The van der Waals surface area contributed by atoms with Crippen LogP contribution in [0.1, 0.15) is 17.5 Å². The summed E-state index contributed by atoms with van der Waals surface area (Å²) in [6, 6.07) is 22.6. The minimum absolute atomic E-state index is 0.192. The first-order valence-corrected chi connectivity index (χ1v) is 13.5. The van der Waals surface area contributed by atoms with Crippen molar-refractivity contribution in [2.45, 2.75) is 12.8 Å². The number of hydrogen-bond acceptors (Lipinski definition) is 6. The molecule has 0 aromatic heterocycles. The van der Waals surface area contributed by atoms with Gasteiger partial charge in [0.2, 0.25) is 0 Å². The summed E-state index contributed by atoms with van der Waals surface area (Å²) in [4.78, 5) is 39.3. The van der Waals surface area contributed by atoms with Crippen LogP contribution in [-0.4, -0.2) is 42.2 Å². The van der Waals surface area contributed by atoms with E-state index in [0.29, 0.717) is 44.2 Å². The highest BCUT2D eigenvalue weighted by Crippen LogP contribution is 2.37. The molecular weight excluding hydrogens is 603 g/mol.